The zero-order valence-corrected chi connectivity index (χ0v) is 22.9. The third-order valence-corrected chi connectivity index (χ3v) is 8.29. The van der Waals surface area contributed by atoms with Crippen LogP contribution >= 0.6 is 0 Å². The zero-order valence-electron chi connectivity index (χ0n) is 22.9. The Balaban J connectivity index is 1.66. The van der Waals surface area contributed by atoms with E-state index in [0.29, 0.717) is 11.1 Å². The van der Waals surface area contributed by atoms with Crippen LogP contribution in [0.2, 0.25) is 0 Å². The second-order valence-electron chi connectivity index (χ2n) is 10.9. The highest BCUT2D eigenvalue weighted by atomic mass is 19.4. The predicted octanol–water partition coefficient (Wildman–Crippen LogP) is 8.26. The molecule has 2 aliphatic carbocycles. The molecule has 4 aromatic carbocycles. The fraction of sp³-hybridized carbons (Fsp3) is 0.171. The number of hydrogen-bond acceptors (Lipinski definition) is 3. The van der Waals surface area contributed by atoms with Crippen molar-refractivity contribution in [3.05, 3.63) is 153 Å². The summed E-state index contributed by atoms with van der Waals surface area (Å²) >= 11 is 0. The summed E-state index contributed by atoms with van der Waals surface area (Å²) in [5.41, 5.74) is -9.00. The summed E-state index contributed by atoms with van der Waals surface area (Å²) < 4.78 is 87.5. The van der Waals surface area contributed by atoms with E-state index in [0.717, 1.165) is 36.4 Å². The predicted molar refractivity (Wildman–Crippen MR) is 153 cm³/mol. The Morgan fingerprint density at radius 3 is 1.34 bits per heavy atom. The lowest BCUT2D eigenvalue weighted by Gasteiger charge is -2.37. The van der Waals surface area contributed by atoms with Crippen LogP contribution in [0.4, 0.5) is 26.3 Å². The van der Waals surface area contributed by atoms with E-state index < -0.39 is 62.7 Å². The second-order valence-corrected chi connectivity index (χ2v) is 10.9. The first kappa shape index (κ1) is 29.6. The van der Waals surface area contributed by atoms with Crippen molar-refractivity contribution in [3.8, 4) is 0 Å². The standard InChI is InChI=1S/C35H24F6O3/c36-34(37,38)27-17-5-13-23(29(27)32(43)19-7-11-21-9-1-3-15-25(21)32)31(42)24-14-6-18-28(35(39,40)41)30(24)33(44)20-8-12-22-10-2-4-16-26(22)33/h1-18,43-44H,19-20H2. The minimum absolute atomic E-state index is 0.113. The molecular formula is C35H24F6O3. The molecule has 0 radical (unpaired) electrons. The van der Waals surface area contributed by atoms with Gasteiger partial charge in [-0.3, -0.25) is 4.79 Å². The smallest absolute Gasteiger partial charge is 0.380 e. The van der Waals surface area contributed by atoms with E-state index in [-0.39, 0.29) is 24.0 Å². The lowest BCUT2D eigenvalue weighted by Crippen LogP contribution is -2.36. The summed E-state index contributed by atoms with van der Waals surface area (Å²) in [5, 5.41) is 24.1. The normalized spacial score (nSPS) is 21.1. The first-order valence-electron chi connectivity index (χ1n) is 13.7. The zero-order chi connectivity index (χ0) is 31.5. The van der Waals surface area contributed by atoms with Crippen LogP contribution in [0.3, 0.4) is 0 Å². The molecular weight excluding hydrogens is 582 g/mol. The number of ketones is 1. The molecule has 0 saturated heterocycles. The van der Waals surface area contributed by atoms with Crippen LogP contribution in [0.1, 0.15) is 73.3 Å². The van der Waals surface area contributed by atoms with Gasteiger partial charge in [0.15, 0.2) is 5.78 Å². The Morgan fingerprint density at radius 2 is 0.955 bits per heavy atom. The van der Waals surface area contributed by atoms with Gasteiger partial charge in [0.05, 0.1) is 11.1 Å². The van der Waals surface area contributed by atoms with Gasteiger partial charge in [-0.05, 0) is 34.4 Å². The highest BCUT2D eigenvalue weighted by molar-refractivity contribution is 6.12. The molecule has 0 fully saturated rings. The molecule has 0 bridgehead atoms. The van der Waals surface area contributed by atoms with Crippen LogP contribution in [-0.4, -0.2) is 16.0 Å². The second kappa shape index (κ2) is 10.3. The van der Waals surface area contributed by atoms with Gasteiger partial charge in [0, 0.05) is 35.1 Å². The lowest BCUT2D eigenvalue weighted by molar-refractivity contribution is -0.140. The van der Waals surface area contributed by atoms with Crippen LogP contribution in [-0.2, 0) is 23.6 Å². The fourth-order valence-corrected chi connectivity index (χ4v) is 6.44. The number of hydrogen-bond donors (Lipinski definition) is 2. The molecule has 6 rings (SSSR count). The maximum absolute atomic E-state index is 14.6. The maximum Gasteiger partial charge on any atom is 0.416 e. The summed E-state index contributed by atoms with van der Waals surface area (Å²) in [6.45, 7) is 0. The Hall–Kier alpha value is -4.47. The van der Waals surface area contributed by atoms with Crippen molar-refractivity contribution in [2.45, 2.75) is 36.4 Å². The molecule has 2 N–H and O–H groups in total. The molecule has 2 atom stereocenters. The van der Waals surface area contributed by atoms with Crippen molar-refractivity contribution in [1.29, 1.82) is 0 Å². The topological polar surface area (TPSA) is 57.5 Å². The van der Waals surface area contributed by atoms with E-state index in [1.807, 2.05) is 0 Å². The van der Waals surface area contributed by atoms with Gasteiger partial charge in [-0.1, -0.05) is 97.1 Å². The summed E-state index contributed by atoms with van der Waals surface area (Å²) in [7, 11) is 0. The third kappa shape index (κ3) is 4.67. The number of alkyl halides is 6. The van der Waals surface area contributed by atoms with Gasteiger partial charge in [0.1, 0.15) is 11.2 Å². The Bertz CT molecular complexity index is 1720. The van der Waals surface area contributed by atoms with Crippen LogP contribution in [0.5, 0.6) is 0 Å². The molecule has 44 heavy (non-hydrogen) atoms. The van der Waals surface area contributed by atoms with Crippen LogP contribution in [0, 0.1) is 0 Å². The van der Waals surface area contributed by atoms with Gasteiger partial charge in [-0.25, -0.2) is 0 Å². The Morgan fingerprint density at radius 1 is 0.568 bits per heavy atom. The van der Waals surface area contributed by atoms with Gasteiger partial charge in [-0.15, -0.1) is 0 Å². The number of carbonyl (C=O) groups excluding carboxylic acids is 1. The van der Waals surface area contributed by atoms with Crippen molar-refractivity contribution in [1.82, 2.24) is 0 Å². The molecule has 0 spiro atoms. The quantitative estimate of drug-likeness (QED) is 0.182. The highest BCUT2D eigenvalue weighted by Crippen LogP contribution is 2.49. The van der Waals surface area contributed by atoms with Crippen molar-refractivity contribution in [2.75, 3.05) is 0 Å². The average molecular weight is 607 g/mol. The largest absolute Gasteiger partial charge is 0.416 e. The molecule has 9 heteroatoms. The lowest BCUT2D eigenvalue weighted by atomic mass is 9.71. The van der Waals surface area contributed by atoms with Crippen LogP contribution in [0.25, 0.3) is 12.2 Å². The SMILES string of the molecule is O=C(c1cccc(C(F)(F)F)c1C1(O)CC=Cc2ccccc21)c1cccc(C(F)(F)F)c1C1(O)CC=Cc2ccccc21. The van der Waals surface area contributed by atoms with E-state index in [9.17, 15) is 41.4 Å². The van der Waals surface area contributed by atoms with Gasteiger partial charge in [-0.2, -0.15) is 26.3 Å². The molecule has 3 nitrogen and oxygen atoms in total. The van der Waals surface area contributed by atoms with Crippen molar-refractivity contribution < 1.29 is 41.4 Å². The summed E-state index contributed by atoms with van der Waals surface area (Å²) in [6.07, 6.45) is -4.48. The van der Waals surface area contributed by atoms with E-state index in [1.54, 1.807) is 36.4 Å². The first-order valence-corrected chi connectivity index (χ1v) is 13.7. The summed E-state index contributed by atoms with van der Waals surface area (Å²) in [5.74, 6) is -1.20. The van der Waals surface area contributed by atoms with Gasteiger partial charge in [0.25, 0.3) is 0 Å². The molecule has 4 aromatic rings. The van der Waals surface area contributed by atoms with Gasteiger partial charge < -0.3 is 10.2 Å². The van der Waals surface area contributed by atoms with Crippen molar-refractivity contribution >= 4 is 17.9 Å². The van der Waals surface area contributed by atoms with Crippen LogP contribution in [0.15, 0.2) is 97.1 Å². The number of carbonyl (C=O) groups is 1. The molecule has 0 saturated carbocycles. The summed E-state index contributed by atoms with van der Waals surface area (Å²) in [4.78, 5) is 14.4. The van der Waals surface area contributed by atoms with Crippen molar-refractivity contribution in [2.24, 2.45) is 0 Å². The molecule has 2 aliphatic rings. The Labute approximate surface area is 248 Å². The monoisotopic (exact) mass is 606 g/mol. The number of fused-ring (bicyclic) bond motifs is 2. The maximum atomic E-state index is 14.6. The van der Waals surface area contributed by atoms with Crippen LogP contribution < -0.4 is 0 Å². The molecule has 0 aromatic heterocycles. The van der Waals surface area contributed by atoms with E-state index in [2.05, 4.69) is 0 Å². The minimum Gasteiger partial charge on any atom is -0.380 e. The molecule has 2 unspecified atom stereocenters. The van der Waals surface area contributed by atoms with E-state index >= 15 is 0 Å². The number of rotatable bonds is 4. The van der Waals surface area contributed by atoms with Gasteiger partial charge >= 0.3 is 12.4 Å². The van der Waals surface area contributed by atoms with E-state index in [4.69, 9.17) is 0 Å². The molecule has 0 aliphatic heterocycles. The number of halogens is 6. The number of benzene rings is 4. The molecule has 0 heterocycles. The minimum atomic E-state index is -5.03. The Kier molecular flexibility index (Phi) is 6.94. The van der Waals surface area contributed by atoms with E-state index in [1.165, 1.54) is 36.4 Å². The van der Waals surface area contributed by atoms with Gasteiger partial charge in [0.2, 0.25) is 0 Å². The number of aliphatic hydroxyl groups is 2. The summed E-state index contributed by atoms with van der Waals surface area (Å²) in [6, 6.07) is 18.0. The molecule has 224 valence electrons. The first-order chi connectivity index (χ1) is 20.8. The highest BCUT2D eigenvalue weighted by Gasteiger charge is 2.48. The molecule has 0 amide bonds. The fourth-order valence-electron chi connectivity index (χ4n) is 6.44. The third-order valence-electron chi connectivity index (χ3n) is 8.29. The van der Waals surface area contributed by atoms with Crippen molar-refractivity contribution in [3.63, 3.8) is 0 Å². The average Bonchev–Trinajstić information content (AvgIpc) is 2.99.